The van der Waals surface area contributed by atoms with Crippen LogP contribution in [0.15, 0.2) is 18.2 Å². The Morgan fingerprint density at radius 1 is 1.45 bits per heavy atom. The Kier molecular flexibility index (Phi) is 5.07. The normalized spacial score (nSPS) is 11.2. The van der Waals surface area contributed by atoms with Gasteiger partial charge in [0.2, 0.25) is 0 Å². The fourth-order valence-corrected chi connectivity index (χ4v) is 1.70. The SMILES string of the molecule is Cc1ccc(OCCCC(C)(C)C(=O)O)c([N+](=O)[O-])c1. The van der Waals surface area contributed by atoms with Gasteiger partial charge in [0.15, 0.2) is 5.75 Å². The first-order chi connectivity index (χ1) is 9.24. The van der Waals surface area contributed by atoms with Gasteiger partial charge in [-0.25, -0.2) is 0 Å². The van der Waals surface area contributed by atoms with Crippen LogP contribution < -0.4 is 4.74 Å². The molecule has 0 radical (unpaired) electrons. The van der Waals surface area contributed by atoms with Gasteiger partial charge in [-0.05, 0) is 45.2 Å². The van der Waals surface area contributed by atoms with Crippen LogP contribution in [-0.4, -0.2) is 22.6 Å². The summed E-state index contributed by atoms with van der Waals surface area (Å²) in [5.74, 6) is -0.646. The van der Waals surface area contributed by atoms with Crippen LogP contribution in [-0.2, 0) is 4.79 Å². The van der Waals surface area contributed by atoms with Crippen molar-refractivity contribution in [2.24, 2.45) is 5.41 Å². The number of aliphatic carboxylic acids is 1. The average Bonchev–Trinajstić information content (AvgIpc) is 2.35. The maximum Gasteiger partial charge on any atom is 0.311 e. The van der Waals surface area contributed by atoms with Crippen LogP contribution in [0.25, 0.3) is 0 Å². The van der Waals surface area contributed by atoms with Crippen LogP contribution in [0.1, 0.15) is 32.3 Å². The number of benzene rings is 1. The zero-order valence-corrected chi connectivity index (χ0v) is 11.9. The third-order valence-corrected chi connectivity index (χ3v) is 3.09. The van der Waals surface area contributed by atoms with Crippen molar-refractivity contribution in [1.82, 2.24) is 0 Å². The summed E-state index contributed by atoms with van der Waals surface area (Å²) < 4.78 is 5.39. The van der Waals surface area contributed by atoms with Gasteiger partial charge >= 0.3 is 11.7 Å². The van der Waals surface area contributed by atoms with Crippen molar-refractivity contribution in [2.75, 3.05) is 6.61 Å². The number of carboxylic acids is 1. The van der Waals surface area contributed by atoms with E-state index in [1.807, 2.05) is 0 Å². The molecule has 110 valence electrons. The molecule has 0 amide bonds. The second-order valence-electron chi connectivity index (χ2n) is 5.37. The van der Waals surface area contributed by atoms with Gasteiger partial charge < -0.3 is 9.84 Å². The number of rotatable bonds is 7. The molecule has 0 unspecified atom stereocenters. The molecular weight excluding hydrogens is 262 g/mol. The van der Waals surface area contributed by atoms with Gasteiger partial charge in [0.05, 0.1) is 16.9 Å². The number of ether oxygens (including phenoxy) is 1. The predicted octanol–water partition coefficient (Wildman–Crippen LogP) is 3.17. The van der Waals surface area contributed by atoms with Gasteiger partial charge in [-0.15, -0.1) is 0 Å². The van der Waals surface area contributed by atoms with E-state index < -0.39 is 16.3 Å². The maximum atomic E-state index is 10.9. The monoisotopic (exact) mass is 281 g/mol. The van der Waals surface area contributed by atoms with Crippen molar-refractivity contribution in [2.45, 2.75) is 33.6 Å². The second kappa shape index (κ2) is 6.36. The van der Waals surface area contributed by atoms with E-state index in [1.165, 1.54) is 6.07 Å². The summed E-state index contributed by atoms with van der Waals surface area (Å²) in [7, 11) is 0. The Morgan fingerprint density at radius 2 is 2.10 bits per heavy atom. The summed E-state index contributed by atoms with van der Waals surface area (Å²) in [5.41, 5.74) is -0.0960. The van der Waals surface area contributed by atoms with Gasteiger partial charge in [0, 0.05) is 6.07 Å². The highest BCUT2D eigenvalue weighted by atomic mass is 16.6. The Hall–Kier alpha value is -2.11. The molecule has 1 N–H and O–H groups in total. The summed E-state index contributed by atoms with van der Waals surface area (Å²) in [6, 6.07) is 4.76. The Balaban J connectivity index is 2.59. The smallest absolute Gasteiger partial charge is 0.311 e. The highest BCUT2D eigenvalue weighted by Crippen LogP contribution is 2.28. The van der Waals surface area contributed by atoms with Crippen molar-refractivity contribution in [3.05, 3.63) is 33.9 Å². The summed E-state index contributed by atoms with van der Waals surface area (Å²) >= 11 is 0. The molecule has 0 aliphatic rings. The van der Waals surface area contributed by atoms with Crippen molar-refractivity contribution < 1.29 is 19.6 Å². The topological polar surface area (TPSA) is 89.7 Å². The quantitative estimate of drug-likeness (QED) is 0.471. The van der Waals surface area contributed by atoms with Crippen LogP contribution >= 0.6 is 0 Å². The lowest BCUT2D eigenvalue weighted by molar-refractivity contribution is -0.385. The zero-order chi connectivity index (χ0) is 15.3. The molecule has 0 fully saturated rings. The lowest BCUT2D eigenvalue weighted by Crippen LogP contribution is -2.24. The molecule has 0 spiro atoms. The van der Waals surface area contributed by atoms with Crippen molar-refractivity contribution in [3.63, 3.8) is 0 Å². The van der Waals surface area contributed by atoms with E-state index in [-0.39, 0.29) is 18.0 Å². The number of aryl methyl sites for hydroxylation is 1. The molecule has 0 bridgehead atoms. The third-order valence-electron chi connectivity index (χ3n) is 3.09. The van der Waals surface area contributed by atoms with Gasteiger partial charge in [-0.2, -0.15) is 0 Å². The molecule has 0 aliphatic carbocycles. The van der Waals surface area contributed by atoms with Crippen molar-refractivity contribution in [3.8, 4) is 5.75 Å². The minimum atomic E-state index is -0.862. The van der Waals surface area contributed by atoms with Crippen LogP contribution in [0.3, 0.4) is 0 Å². The minimum Gasteiger partial charge on any atom is -0.487 e. The minimum absolute atomic E-state index is 0.0671. The van der Waals surface area contributed by atoms with E-state index in [9.17, 15) is 14.9 Å². The molecule has 0 aromatic heterocycles. The lowest BCUT2D eigenvalue weighted by Gasteiger charge is -2.18. The molecule has 0 saturated heterocycles. The average molecular weight is 281 g/mol. The Bertz CT molecular complexity index is 510. The van der Waals surface area contributed by atoms with E-state index in [1.54, 1.807) is 32.9 Å². The number of nitro groups is 1. The molecule has 0 saturated carbocycles. The summed E-state index contributed by atoms with van der Waals surface area (Å²) in [5, 5.41) is 19.9. The van der Waals surface area contributed by atoms with Crippen molar-refractivity contribution in [1.29, 1.82) is 0 Å². The molecule has 0 atom stereocenters. The van der Waals surface area contributed by atoms with Crippen LogP contribution in [0.4, 0.5) is 5.69 Å². The van der Waals surface area contributed by atoms with E-state index >= 15 is 0 Å². The molecule has 0 aliphatic heterocycles. The van der Waals surface area contributed by atoms with Gasteiger partial charge in [0.1, 0.15) is 0 Å². The number of carboxylic acid groups (broad SMARTS) is 1. The van der Waals surface area contributed by atoms with Crippen LogP contribution in [0.5, 0.6) is 5.75 Å². The summed E-state index contributed by atoms with van der Waals surface area (Å²) in [6.45, 7) is 5.31. The number of nitro benzene ring substituents is 1. The highest BCUT2D eigenvalue weighted by molar-refractivity contribution is 5.73. The lowest BCUT2D eigenvalue weighted by atomic mass is 9.88. The molecule has 20 heavy (non-hydrogen) atoms. The Labute approximate surface area is 117 Å². The van der Waals surface area contributed by atoms with Crippen LogP contribution in [0.2, 0.25) is 0 Å². The van der Waals surface area contributed by atoms with E-state index in [0.29, 0.717) is 12.8 Å². The van der Waals surface area contributed by atoms with Crippen LogP contribution in [0, 0.1) is 22.5 Å². The molecule has 6 heteroatoms. The number of carbonyl (C=O) groups is 1. The van der Waals surface area contributed by atoms with E-state index in [4.69, 9.17) is 9.84 Å². The molecule has 1 rings (SSSR count). The standard InChI is InChI=1S/C14H19NO5/c1-10-5-6-12(11(9-10)15(18)19)20-8-4-7-14(2,3)13(16)17/h5-6,9H,4,7-8H2,1-3H3,(H,16,17). The largest absolute Gasteiger partial charge is 0.487 e. The fraction of sp³-hybridized carbons (Fsp3) is 0.500. The Morgan fingerprint density at radius 3 is 2.65 bits per heavy atom. The zero-order valence-electron chi connectivity index (χ0n) is 11.9. The van der Waals surface area contributed by atoms with Gasteiger partial charge in [-0.1, -0.05) is 6.07 Å². The summed E-state index contributed by atoms with van der Waals surface area (Å²) in [6.07, 6.45) is 0.965. The first-order valence-electron chi connectivity index (χ1n) is 6.35. The predicted molar refractivity (Wildman–Crippen MR) is 74.0 cm³/mol. The number of hydrogen-bond acceptors (Lipinski definition) is 4. The third kappa shape index (κ3) is 4.22. The number of nitrogens with zero attached hydrogens (tertiary/aromatic N) is 1. The highest BCUT2D eigenvalue weighted by Gasteiger charge is 2.26. The maximum absolute atomic E-state index is 10.9. The van der Waals surface area contributed by atoms with E-state index in [2.05, 4.69) is 0 Å². The van der Waals surface area contributed by atoms with Gasteiger partial charge in [-0.3, -0.25) is 14.9 Å². The molecule has 0 heterocycles. The second-order valence-corrected chi connectivity index (χ2v) is 5.37. The molecule has 1 aromatic rings. The fourth-order valence-electron chi connectivity index (χ4n) is 1.70. The molecule has 1 aromatic carbocycles. The van der Waals surface area contributed by atoms with E-state index in [0.717, 1.165) is 5.56 Å². The van der Waals surface area contributed by atoms with Gasteiger partial charge in [0.25, 0.3) is 0 Å². The van der Waals surface area contributed by atoms with Crippen molar-refractivity contribution >= 4 is 11.7 Å². The summed E-state index contributed by atoms with van der Waals surface area (Å²) in [4.78, 5) is 21.4. The number of hydrogen-bond donors (Lipinski definition) is 1. The first-order valence-corrected chi connectivity index (χ1v) is 6.35. The molecular formula is C14H19NO5. The first kappa shape index (κ1) is 15.9. The molecule has 6 nitrogen and oxygen atoms in total.